The third-order valence-electron chi connectivity index (χ3n) is 1.93. The summed E-state index contributed by atoms with van der Waals surface area (Å²) in [7, 11) is 32.9. The van der Waals surface area contributed by atoms with Gasteiger partial charge >= 0.3 is 96.4 Å². The van der Waals surface area contributed by atoms with E-state index in [0.29, 0.717) is 0 Å². The van der Waals surface area contributed by atoms with Crippen molar-refractivity contribution in [2.75, 3.05) is 0 Å². The molecule has 0 amide bonds. The molecule has 0 unspecified atom stereocenters. The summed E-state index contributed by atoms with van der Waals surface area (Å²) >= 11 is 4.76. The second-order valence-electron chi connectivity index (χ2n) is 3.02. The van der Waals surface area contributed by atoms with Crippen molar-refractivity contribution in [2.45, 2.75) is 0 Å². The zero-order chi connectivity index (χ0) is 10.6. The maximum atomic E-state index is 5.49. The molecule has 0 aromatic heterocycles. The minimum absolute atomic E-state index is 0.352. The van der Waals surface area contributed by atoms with Gasteiger partial charge in [0.05, 0.1) is 0 Å². The first-order valence-electron chi connectivity index (χ1n) is 3.90. The first-order valence-corrected chi connectivity index (χ1v) is 4.37. The van der Waals surface area contributed by atoms with E-state index in [-0.39, 0.29) is 6.39 Å². The Morgan fingerprint density at radius 1 is 0.769 bits per heavy atom. The first-order chi connectivity index (χ1) is 5.91. The summed E-state index contributed by atoms with van der Waals surface area (Å²) in [6.45, 7) is 0. The Morgan fingerprint density at radius 3 is 1.23 bits per heavy atom. The fraction of sp³-hybridized carbons (Fsp3) is 0. The van der Waals surface area contributed by atoms with E-state index in [0.717, 1.165) is 0 Å². The summed E-state index contributed by atoms with van der Waals surface area (Å²) in [5, 5.41) is 0. The summed E-state index contributed by atoms with van der Waals surface area (Å²) in [6, 6.07) is 1.41. The van der Waals surface area contributed by atoms with Crippen molar-refractivity contribution in [3.63, 3.8) is 0 Å². The van der Waals surface area contributed by atoms with E-state index in [1.807, 2.05) is 0 Å². The van der Waals surface area contributed by atoms with Crippen LogP contribution in [0.3, 0.4) is 0 Å². The van der Waals surface area contributed by atoms with Gasteiger partial charge in [0.15, 0.2) is 0 Å². The Balaban J connectivity index is 4.58. The van der Waals surface area contributed by atoms with Crippen molar-refractivity contribution in [1.82, 2.24) is 0 Å². The van der Waals surface area contributed by atoms with Crippen LogP contribution in [0, 0.1) is 0 Å². The Labute approximate surface area is 96.4 Å². The molecule has 0 bridgehead atoms. The molecule has 0 heterocycles. The van der Waals surface area contributed by atoms with Crippen molar-refractivity contribution in [2.24, 2.45) is 0 Å². The second-order valence-corrected chi connectivity index (χ2v) is 3.29. The van der Waals surface area contributed by atoms with Gasteiger partial charge in [-0.2, -0.15) is 0 Å². The molecule has 42 valence electrons. The molecule has 0 spiro atoms. The monoisotopic (exact) mass is 164 g/mol. The van der Waals surface area contributed by atoms with Gasteiger partial charge in [-0.3, -0.25) is 0 Å². The Kier molecular flexibility index (Phi) is 6.97. The predicted octanol–water partition coefficient (Wildman–Crippen LogP) is -3.92. The zero-order valence-electron chi connectivity index (χ0n) is 7.34. The van der Waals surface area contributed by atoms with Crippen LogP contribution in [0.1, 0.15) is 0 Å². The molecule has 0 rings (SSSR count). The minimum atomic E-state index is -0.682. The SMILES string of the molecule is [B]B([B])B(B=S)B(B([B])[B])B([B])[B]. The fourth-order valence-corrected chi connectivity index (χ4v) is 1.57. The summed E-state index contributed by atoms with van der Waals surface area (Å²) in [5.41, 5.74) is 0. The summed E-state index contributed by atoms with van der Waals surface area (Å²) in [4.78, 5) is 0. The normalized spacial score (nSPS) is 8.31. The van der Waals surface area contributed by atoms with Crippen molar-refractivity contribution in [3.8, 4) is 0 Å². The van der Waals surface area contributed by atoms with Crippen molar-refractivity contribution in [3.05, 3.63) is 0 Å². The van der Waals surface area contributed by atoms with E-state index < -0.39 is 25.5 Å². The van der Waals surface area contributed by atoms with Crippen LogP contribution in [0.5, 0.6) is 0 Å². The summed E-state index contributed by atoms with van der Waals surface area (Å²) < 4.78 is 0. The first kappa shape index (κ1) is 14.0. The van der Waals surface area contributed by atoms with Gasteiger partial charge in [0.2, 0.25) is 0 Å². The van der Waals surface area contributed by atoms with Crippen LogP contribution in [-0.2, 0) is 0 Å². The molecule has 0 aliphatic heterocycles. The van der Waals surface area contributed by atoms with Crippen LogP contribution in [0.4, 0.5) is 0 Å². The third kappa shape index (κ3) is 4.36. The van der Waals surface area contributed by atoms with Gasteiger partial charge in [-0.15, -0.1) is 0 Å². The molecule has 0 aromatic rings. The molecule has 13 heavy (non-hydrogen) atoms. The van der Waals surface area contributed by atoms with Gasteiger partial charge in [-0.25, -0.2) is 0 Å². The van der Waals surface area contributed by atoms with E-state index in [9.17, 15) is 0 Å². The van der Waals surface area contributed by atoms with Gasteiger partial charge in [-0.1, -0.05) is 0 Å². The van der Waals surface area contributed by atoms with Crippen molar-refractivity contribution in [1.29, 1.82) is 0 Å². The number of hydrogen-bond donors (Lipinski definition) is 0. The van der Waals surface area contributed by atoms with Gasteiger partial charge < -0.3 is 0 Å². The standard InChI is InChI=1S/B12S/c1-8(2)11(7-13)12(9(3)4)10(5)6. The van der Waals surface area contributed by atoms with E-state index in [1.54, 1.807) is 0 Å². The third-order valence-corrected chi connectivity index (χ3v) is 2.25. The topological polar surface area (TPSA) is 0 Å². The van der Waals surface area contributed by atoms with Crippen LogP contribution >= 0.6 is 12.1 Å². The summed E-state index contributed by atoms with van der Waals surface area (Å²) in [6.07, 6.45) is -2.77. The Hall–Kier alpha value is 0.999. The maximum absolute atomic E-state index is 5.49. The second kappa shape index (κ2) is 6.48. The molecule has 0 saturated heterocycles. The van der Waals surface area contributed by atoms with Crippen molar-refractivity contribution >= 4 is 96.4 Å². The predicted molar refractivity (Wildman–Crippen MR) is 76.6 cm³/mol. The Bertz CT molecular complexity index is 139. The van der Waals surface area contributed by atoms with E-state index in [4.69, 9.17) is 58.5 Å². The van der Waals surface area contributed by atoms with Crippen LogP contribution in [0.15, 0.2) is 0 Å². The quantitative estimate of drug-likeness (QED) is 0.372. The summed E-state index contributed by atoms with van der Waals surface area (Å²) in [5.74, 6) is 0. The van der Waals surface area contributed by atoms with Crippen LogP contribution in [0.25, 0.3) is 0 Å². The van der Waals surface area contributed by atoms with Crippen molar-refractivity contribution < 1.29 is 0 Å². The molecule has 13 heteroatoms. The number of rotatable bonds is 5. The molecule has 0 aliphatic carbocycles. The average molecular weight is 162 g/mol. The molecule has 0 fully saturated rings. The van der Waals surface area contributed by atoms with Crippen LogP contribution < -0.4 is 0 Å². The van der Waals surface area contributed by atoms with E-state index in [2.05, 4.69) is 0 Å². The van der Waals surface area contributed by atoms with Gasteiger partial charge in [-0.05, 0) is 0 Å². The van der Waals surface area contributed by atoms with Crippen LogP contribution in [0.2, 0.25) is 0 Å². The molecular formula is B12S. The van der Waals surface area contributed by atoms with Crippen LogP contribution in [-0.4, -0.2) is 84.4 Å². The Morgan fingerprint density at radius 2 is 1.15 bits per heavy atom. The molecule has 0 atom stereocenters. The molecule has 0 aromatic carbocycles. The molecule has 0 aliphatic rings. The van der Waals surface area contributed by atoms with Gasteiger partial charge in [0, 0.05) is 0 Å². The van der Waals surface area contributed by atoms with E-state index in [1.165, 1.54) is 6.05 Å². The molecule has 0 nitrogen and oxygen atoms in total. The van der Waals surface area contributed by atoms with Gasteiger partial charge in [0.25, 0.3) is 0 Å². The van der Waals surface area contributed by atoms with Gasteiger partial charge in [0.1, 0.15) is 0 Å². The zero-order valence-corrected chi connectivity index (χ0v) is 8.15. The number of hydrogen-bond acceptors (Lipinski definition) is 1. The molecule has 12 radical (unpaired) electrons. The average Bonchev–Trinajstić information content (AvgIpc) is 1.97. The van der Waals surface area contributed by atoms with E-state index >= 15 is 0 Å². The fourth-order valence-electron chi connectivity index (χ4n) is 1.21. The molecular weight excluding hydrogens is 162 g/mol. The molecule has 0 saturated carbocycles. The molecule has 0 N–H and O–H groups in total.